The number of anilines is 3. The van der Waals surface area contributed by atoms with Crippen LogP contribution in [-0.4, -0.2) is 0 Å². The Labute approximate surface area is 300 Å². The Morgan fingerprint density at radius 1 is 0.480 bits per heavy atom. The summed E-state index contributed by atoms with van der Waals surface area (Å²) in [5, 5.41) is 5.39. The average molecular weight is 680 g/mol. The number of benzene rings is 6. The molecule has 8 aromatic rings. The molecule has 0 N–H and O–H groups in total. The third-order valence-corrected chi connectivity index (χ3v) is 15.7. The van der Waals surface area contributed by atoms with Crippen LogP contribution in [0.15, 0.2) is 127 Å². The minimum atomic E-state index is 0.168. The van der Waals surface area contributed by atoms with Gasteiger partial charge in [-0.1, -0.05) is 85.3 Å². The molecule has 3 saturated carbocycles. The lowest BCUT2D eigenvalue weighted by atomic mass is 9.47. The highest BCUT2D eigenvalue weighted by atomic mass is 32.1. The minimum absolute atomic E-state index is 0.168. The van der Waals surface area contributed by atoms with E-state index in [9.17, 15) is 0 Å². The summed E-state index contributed by atoms with van der Waals surface area (Å²) in [7, 11) is 0. The highest BCUT2D eigenvalue weighted by Crippen LogP contribution is 2.66. The first-order valence-electron chi connectivity index (χ1n) is 18.6. The summed E-state index contributed by atoms with van der Waals surface area (Å²) in [5.74, 6) is 3.53. The summed E-state index contributed by atoms with van der Waals surface area (Å²) in [4.78, 5) is 2.53. The number of thiophene rings is 2. The lowest BCUT2D eigenvalue weighted by Gasteiger charge is -2.57. The summed E-state index contributed by atoms with van der Waals surface area (Å²) in [5.41, 5.74) is 10.0. The van der Waals surface area contributed by atoms with Crippen LogP contribution in [0.2, 0.25) is 0 Å². The fourth-order valence-electron chi connectivity index (χ4n) is 11.4. The number of hydrogen-bond donors (Lipinski definition) is 0. The van der Waals surface area contributed by atoms with Gasteiger partial charge in [-0.25, -0.2) is 0 Å². The first-order valence-corrected chi connectivity index (χ1v) is 20.2. The minimum Gasteiger partial charge on any atom is -0.310 e. The molecular weight excluding hydrogens is 643 g/mol. The van der Waals surface area contributed by atoms with Crippen molar-refractivity contribution in [3.8, 4) is 11.1 Å². The monoisotopic (exact) mass is 679 g/mol. The average Bonchev–Trinajstić information content (AvgIpc) is 3.80. The van der Waals surface area contributed by atoms with Crippen molar-refractivity contribution < 1.29 is 0 Å². The molecule has 50 heavy (non-hydrogen) atoms. The van der Waals surface area contributed by atoms with Crippen LogP contribution in [0.5, 0.6) is 0 Å². The van der Waals surface area contributed by atoms with Crippen LogP contribution >= 0.6 is 22.7 Å². The van der Waals surface area contributed by atoms with E-state index in [-0.39, 0.29) is 5.41 Å². The van der Waals surface area contributed by atoms with Crippen molar-refractivity contribution in [2.24, 2.45) is 23.7 Å². The first-order chi connectivity index (χ1) is 24.7. The quantitative estimate of drug-likeness (QED) is 0.180. The van der Waals surface area contributed by atoms with Crippen molar-refractivity contribution in [2.75, 3.05) is 4.90 Å². The van der Waals surface area contributed by atoms with E-state index in [1.165, 1.54) is 107 Å². The standard InChI is InChI=1S/C47H37NS2/c1-4-10-41-35(7-1)40-24-32(17-20-42(40)47(41)27-29-14-13-28-21-30(29)23-31(47)22-28)48(33-15-18-38-36-8-2-5-11-43(36)49-45(38)25-33)34-16-19-39-37-9-3-6-12-44(37)50-46(39)26-34/h1-12,15-20,24-26,28-31H,13-14,21-23,27H2. The molecule has 1 nitrogen and oxygen atoms in total. The zero-order valence-electron chi connectivity index (χ0n) is 27.9. The fraction of sp³-hybridized carbons (Fsp3) is 0.234. The molecule has 0 aliphatic heterocycles. The molecule has 12 rings (SSSR count). The van der Waals surface area contributed by atoms with Crippen molar-refractivity contribution in [1.82, 2.24) is 0 Å². The van der Waals surface area contributed by atoms with Crippen molar-refractivity contribution in [3.05, 3.63) is 139 Å². The Bertz CT molecular complexity index is 2560. The second kappa shape index (κ2) is 10.3. The molecule has 5 atom stereocenters. The van der Waals surface area contributed by atoms with Gasteiger partial charge in [-0.15, -0.1) is 22.7 Å². The SMILES string of the molecule is c1ccc2c(c1)-c1cc(N(c3ccc4c(c3)sc3ccccc34)c3ccc4c(c3)sc3ccccc34)ccc1C21CC2CCC3CC2CC1C3. The van der Waals surface area contributed by atoms with E-state index in [0.29, 0.717) is 0 Å². The molecule has 6 aromatic carbocycles. The van der Waals surface area contributed by atoms with Gasteiger partial charge in [-0.3, -0.25) is 0 Å². The molecule has 1 spiro atoms. The van der Waals surface area contributed by atoms with E-state index >= 15 is 0 Å². The van der Waals surface area contributed by atoms with E-state index in [2.05, 4.69) is 132 Å². The maximum Gasteiger partial charge on any atom is 0.0476 e. The van der Waals surface area contributed by atoms with E-state index in [4.69, 9.17) is 0 Å². The largest absolute Gasteiger partial charge is 0.310 e. The predicted octanol–water partition coefficient (Wildman–Crippen LogP) is 14.0. The summed E-state index contributed by atoms with van der Waals surface area (Å²) < 4.78 is 5.38. The van der Waals surface area contributed by atoms with Crippen LogP contribution in [0.4, 0.5) is 17.1 Å². The highest BCUT2D eigenvalue weighted by molar-refractivity contribution is 7.26. The normalized spacial score (nSPS) is 24.8. The molecule has 0 amide bonds. The van der Waals surface area contributed by atoms with E-state index < -0.39 is 0 Å². The van der Waals surface area contributed by atoms with Crippen molar-refractivity contribution in [1.29, 1.82) is 0 Å². The predicted molar refractivity (Wildman–Crippen MR) is 215 cm³/mol. The van der Waals surface area contributed by atoms with Crippen LogP contribution < -0.4 is 4.90 Å². The first kappa shape index (κ1) is 28.3. The van der Waals surface area contributed by atoms with Crippen molar-refractivity contribution in [2.45, 2.75) is 43.9 Å². The smallest absolute Gasteiger partial charge is 0.0476 e. The third kappa shape index (κ3) is 3.83. The van der Waals surface area contributed by atoms with E-state index in [0.717, 1.165) is 23.7 Å². The van der Waals surface area contributed by atoms with Crippen LogP contribution in [0.1, 0.15) is 49.7 Å². The molecule has 2 heterocycles. The van der Waals surface area contributed by atoms with Crippen molar-refractivity contribution >= 4 is 80.1 Å². The Hall–Kier alpha value is -4.44. The number of rotatable bonds is 3. The zero-order chi connectivity index (χ0) is 32.6. The second-order valence-corrected chi connectivity index (χ2v) is 17.9. The number of hydrogen-bond acceptors (Lipinski definition) is 3. The van der Waals surface area contributed by atoms with Gasteiger partial charge in [0.2, 0.25) is 0 Å². The number of nitrogens with zero attached hydrogens (tertiary/aromatic N) is 1. The van der Waals surface area contributed by atoms with Gasteiger partial charge < -0.3 is 4.90 Å². The third-order valence-electron chi connectivity index (χ3n) is 13.4. The zero-order valence-corrected chi connectivity index (χ0v) is 29.6. The molecule has 3 bridgehead atoms. The van der Waals surface area contributed by atoms with Crippen LogP contribution in [-0.2, 0) is 5.41 Å². The molecule has 4 aliphatic carbocycles. The Balaban J connectivity index is 1.07. The van der Waals surface area contributed by atoms with Gasteiger partial charge in [0.05, 0.1) is 0 Å². The summed E-state index contributed by atoms with van der Waals surface area (Å²) in [6, 6.07) is 49.0. The second-order valence-electron chi connectivity index (χ2n) is 15.7. The molecule has 4 aliphatic rings. The van der Waals surface area contributed by atoms with Gasteiger partial charge in [-0.05, 0) is 127 Å². The molecule has 0 radical (unpaired) electrons. The van der Waals surface area contributed by atoms with Gasteiger partial charge in [-0.2, -0.15) is 0 Å². The van der Waals surface area contributed by atoms with Crippen LogP contribution in [0.25, 0.3) is 51.5 Å². The molecule has 3 heteroatoms. The lowest BCUT2D eigenvalue weighted by Crippen LogP contribution is -2.50. The van der Waals surface area contributed by atoms with Gasteiger partial charge in [0.25, 0.3) is 0 Å². The van der Waals surface area contributed by atoms with Gasteiger partial charge in [0.1, 0.15) is 0 Å². The molecule has 0 saturated heterocycles. The molecule has 3 fully saturated rings. The Morgan fingerprint density at radius 2 is 1.08 bits per heavy atom. The fourth-order valence-corrected chi connectivity index (χ4v) is 13.7. The van der Waals surface area contributed by atoms with Crippen LogP contribution in [0, 0.1) is 23.7 Å². The molecule has 2 aromatic heterocycles. The topological polar surface area (TPSA) is 3.24 Å². The molecule has 5 unspecified atom stereocenters. The lowest BCUT2D eigenvalue weighted by molar-refractivity contribution is -0.0103. The van der Waals surface area contributed by atoms with E-state index in [1.54, 1.807) is 11.1 Å². The van der Waals surface area contributed by atoms with Crippen molar-refractivity contribution in [3.63, 3.8) is 0 Å². The Kier molecular flexibility index (Phi) is 5.83. The Morgan fingerprint density at radius 3 is 1.82 bits per heavy atom. The summed E-state index contributed by atoms with van der Waals surface area (Å²) >= 11 is 3.81. The number of fused-ring (bicyclic) bond motifs is 14. The maximum absolute atomic E-state index is 2.57. The van der Waals surface area contributed by atoms with Gasteiger partial charge in [0, 0.05) is 62.8 Å². The summed E-state index contributed by atoms with van der Waals surface area (Å²) in [6.07, 6.45) is 8.57. The van der Waals surface area contributed by atoms with Gasteiger partial charge in [0.15, 0.2) is 0 Å². The molecule has 242 valence electrons. The van der Waals surface area contributed by atoms with Crippen LogP contribution in [0.3, 0.4) is 0 Å². The van der Waals surface area contributed by atoms with Gasteiger partial charge >= 0.3 is 0 Å². The van der Waals surface area contributed by atoms with E-state index in [1.807, 2.05) is 22.7 Å². The summed E-state index contributed by atoms with van der Waals surface area (Å²) in [6.45, 7) is 0. The maximum atomic E-state index is 2.57. The molecular formula is C47H37NS2. The highest BCUT2D eigenvalue weighted by Gasteiger charge is 2.57.